The van der Waals surface area contributed by atoms with Crippen molar-refractivity contribution in [3.8, 4) is 5.69 Å². The fourth-order valence-electron chi connectivity index (χ4n) is 5.26. The Morgan fingerprint density at radius 2 is 1.65 bits per heavy atom. The van der Waals surface area contributed by atoms with Gasteiger partial charge in [-0.25, -0.2) is 9.48 Å². The molecule has 1 N–H and O–H groups in total. The molecule has 2 amide bonds. The van der Waals surface area contributed by atoms with E-state index in [0.717, 1.165) is 36.9 Å². The van der Waals surface area contributed by atoms with Crippen LogP contribution in [-0.4, -0.2) is 44.4 Å². The summed E-state index contributed by atoms with van der Waals surface area (Å²) >= 11 is 0. The van der Waals surface area contributed by atoms with Crippen LogP contribution >= 0.6 is 0 Å². The first kappa shape index (κ1) is 22.2. The lowest BCUT2D eigenvalue weighted by Crippen LogP contribution is -2.46. The Bertz CT molecular complexity index is 1150. The van der Waals surface area contributed by atoms with Crippen molar-refractivity contribution in [2.45, 2.75) is 63.3 Å². The summed E-state index contributed by atoms with van der Waals surface area (Å²) < 4.78 is 7.48. The van der Waals surface area contributed by atoms with Crippen molar-refractivity contribution in [2.24, 2.45) is 0 Å². The molecule has 2 aliphatic rings. The summed E-state index contributed by atoms with van der Waals surface area (Å²) in [5.41, 5.74) is 1.95. The highest BCUT2D eigenvalue weighted by molar-refractivity contribution is 5.94. The summed E-state index contributed by atoms with van der Waals surface area (Å²) in [6, 6.07) is 19.9. The highest BCUT2D eigenvalue weighted by Crippen LogP contribution is 2.44. The van der Waals surface area contributed by atoms with Crippen LogP contribution in [0.2, 0.25) is 0 Å². The Labute approximate surface area is 199 Å². The van der Waals surface area contributed by atoms with Crippen LogP contribution < -0.4 is 5.32 Å². The van der Waals surface area contributed by atoms with E-state index in [1.54, 1.807) is 17.1 Å². The predicted octanol–water partition coefficient (Wildman–Crippen LogP) is 4.89. The number of benzene rings is 2. The van der Waals surface area contributed by atoms with Crippen molar-refractivity contribution in [1.82, 2.24) is 20.0 Å². The van der Waals surface area contributed by atoms with E-state index in [9.17, 15) is 9.59 Å². The standard InChI is InChI=1S/C27H30N4O3/c1-27(2)24(19-9-5-3-6-10-19)31(26(33)34-27)23-15-13-21(14-16-23)29-25(32)20-17-28-30(18-20)22-11-7-4-8-12-22/h3-12,17-18,21,23-24H,13-16H2,1-2H3,(H,29,32). The van der Waals surface area contributed by atoms with Gasteiger partial charge in [0.15, 0.2) is 0 Å². The average molecular weight is 459 g/mol. The van der Waals surface area contributed by atoms with E-state index >= 15 is 0 Å². The number of cyclic esters (lactones) is 1. The van der Waals surface area contributed by atoms with E-state index in [0.29, 0.717) is 5.56 Å². The third-order valence-electron chi connectivity index (χ3n) is 6.90. The third-order valence-corrected chi connectivity index (χ3v) is 6.90. The Balaban J connectivity index is 1.22. The number of hydrogen-bond donors (Lipinski definition) is 1. The molecule has 5 rings (SSSR count). The number of rotatable bonds is 5. The van der Waals surface area contributed by atoms with Crippen LogP contribution in [0.1, 0.15) is 61.5 Å². The van der Waals surface area contributed by atoms with Crippen molar-refractivity contribution < 1.29 is 14.3 Å². The van der Waals surface area contributed by atoms with Gasteiger partial charge in [0.25, 0.3) is 5.91 Å². The van der Waals surface area contributed by atoms with Gasteiger partial charge in [0.05, 0.1) is 23.5 Å². The number of ether oxygens (including phenoxy) is 1. The molecule has 1 aliphatic heterocycles. The van der Waals surface area contributed by atoms with Gasteiger partial charge in [0, 0.05) is 18.3 Å². The zero-order valence-electron chi connectivity index (χ0n) is 19.6. The fraction of sp³-hybridized carbons (Fsp3) is 0.370. The van der Waals surface area contributed by atoms with Crippen LogP contribution in [0.3, 0.4) is 0 Å². The first-order valence-electron chi connectivity index (χ1n) is 11.9. The summed E-state index contributed by atoms with van der Waals surface area (Å²) in [6.45, 7) is 3.95. The number of carbonyl (C=O) groups is 2. The largest absolute Gasteiger partial charge is 0.441 e. The Kier molecular flexibility index (Phi) is 5.86. The molecule has 2 heterocycles. The second-order valence-electron chi connectivity index (χ2n) is 9.68. The maximum absolute atomic E-state index is 12.9. The van der Waals surface area contributed by atoms with E-state index in [2.05, 4.69) is 22.5 Å². The summed E-state index contributed by atoms with van der Waals surface area (Å²) in [6.07, 6.45) is 6.37. The van der Waals surface area contributed by atoms with Gasteiger partial charge in [-0.15, -0.1) is 0 Å². The molecule has 0 bridgehead atoms. The third kappa shape index (κ3) is 4.30. The van der Waals surface area contributed by atoms with Crippen molar-refractivity contribution in [1.29, 1.82) is 0 Å². The lowest BCUT2D eigenvalue weighted by molar-refractivity contribution is 0.0663. The molecule has 1 aromatic heterocycles. The summed E-state index contributed by atoms with van der Waals surface area (Å²) in [5.74, 6) is -0.116. The second kappa shape index (κ2) is 8.97. The smallest absolute Gasteiger partial charge is 0.411 e. The van der Waals surface area contributed by atoms with Crippen LogP contribution in [0.4, 0.5) is 4.79 Å². The predicted molar refractivity (Wildman–Crippen MR) is 129 cm³/mol. The van der Waals surface area contributed by atoms with Crippen LogP contribution in [-0.2, 0) is 4.74 Å². The van der Waals surface area contributed by atoms with Gasteiger partial charge in [0.2, 0.25) is 0 Å². The molecule has 34 heavy (non-hydrogen) atoms. The zero-order chi connectivity index (χ0) is 23.7. The Morgan fingerprint density at radius 1 is 1.00 bits per heavy atom. The maximum atomic E-state index is 12.9. The van der Waals surface area contributed by atoms with Gasteiger partial charge < -0.3 is 10.1 Å². The van der Waals surface area contributed by atoms with E-state index in [-0.39, 0.29) is 30.1 Å². The van der Waals surface area contributed by atoms with E-state index < -0.39 is 5.60 Å². The molecule has 0 radical (unpaired) electrons. The molecule has 2 aromatic carbocycles. The summed E-state index contributed by atoms with van der Waals surface area (Å²) in [7, 11) is 0. The fourth-order valence-corrected chi connectivity index (χ4v) is 5.26. The normalized spacial score (nSPS) is 24.0. The number of nitrogens with one attached hydrogen (secondary N) is 1. The molecule has 1 saturated heterocycles. The molecular weight excluding hydrogens is 428 g/mol. The molecule has 3 aromatic rings. The van der Waals surface area contributed by atoms with Gasteiger partial charge in [-0.3, -0.25) is 9.69 Å². The molecular formula is C27H30N4O3. The minimum atomic E-state index is -0.595. The van der Waals surface area contributed by atoms with E-state index in [1.807, 2.05) is 67.3 Å². The monoisotopic (exact) mass is 458 g/mol. The maximum Gasteiger partial charge on any atom is 0.411 e. The van der Waals surface area contributed by atoms with Gasteiger partial charge >= 0.3 is 6.09 Å². The lowest BCUT2D eigenvalue weighted by atomic mass is 9.86. The van der Waals surface area contributed by atoms with Crippen LogP contribution in [0, 0.1) is 0 Å². The first-order valence-corrected chi connectivity index (χ1v) is 11.9. The SMILES string of the molecule is CC1(C)OC(=O)N(C2CCC(NC(=O)c3cnn(-c4ccccc4)c3)CC2)C1c1ccccc1. The van der Waals surface area contributed by atoms with Crippen molar-refractivity contribution in [3.63, 3.8) is 0 Å². The van der Waals surface area contributed by atoms with Gasteiger partial charge in [0.1, 0.15) is 5.60 Å². The van der Waals surface area contributed by atoms with Gasteiger partial charge in [-0.05, 0) is 57.2 Å². The minimum absolute atomic E-state index is 0.0747. The molecule has 7 nitrogen and oxygen atoms in total. The van der Waals surface area contributed by atoms with Crippen molar-refractivity contribution in [3.05, 3.63) is 84.2 Å². The lowest BCUT2D eigenvalue weighted by Gasteiger charge is -2.38. The topological polar surface area (TPSA) is 76.5 Å². The Morgan fingerprint density at radius 3 is 2.32 bits per heavy atom. The number of amides is 2. The molecule has 7 heteroatoms. The van der Waals surface area contributed by atoms with Crippen LogP contribution in [0.5, 0.6) is 0 Å². The molecule has 1 unspecified atom stereocenters. The summed E-state index contributed by atoms with van der Waals surface area (Å²) in [4.78, 5) is 27.6. The molecule has 0 spiro atoms. The van der Waals surface area contributed by atoms with Gasteiger partial charge in [-0.2, -0.15) is 5.10 Å². The molecule has 1 saturated carbocycles. The number of hydrogen-bond acceptors (Lipinski definition) is 4. The molecule has 1 atom stereocenters. The average Bonchev–Trinajstić information content (AvgIpc) is 3.43. The number of nitrogens with zero attached hydrogens (tertiary/aromatic N) is 3. The molecule has 1 aliphatic carbocycles. The number of carbonyl (C=O) groups excluding carboxylic acids is 2. The van der Waals surface area contributed by atoms with E-state index in [4.69, 9.17) is 4.74 Å². The second-order valence-corrected chi connectivity index (χ2v) is 9.68. The van der Waals surface area contributed by atoms with E-state index in [1.165, 1.54) is 0 Å². The first-order chi connectivity index (χ1) is 16.4. The highest BCUT2D eigenvalue weighted by atomic mass is 16.6. The van der Waals surface area contributed by atoms with Crippen molar-refractivity contribution in [2.75, 3.05) is 0 Å². The van der Waals surface area contributed by atoms with Crippen molar-refractivity contribution >= 4 is 12.0 Å². The Hall–Kier alpha value is -3.61. The quantitative estimate of drug-likeness (QED) is 0.591. The number of para-hydroxylation sites is 1. The van der Waals surface area contributed by atoms with Crippen LogP contribution in [0.15, 0.2) is 73.1 Å². The van der Waals surface area contributed by atoms with Crippen LogP contribution in [0.25, 0.3) is 5.69 Å². The van der Waals surface area contributed by atoms with Gasteiger partial charge in [-0.1, -0.05) is 48.5 Å². The highest BCUT2D eigenvalue weighted by Gasteiger charge is 2.51. The minimum Gasteiger partial charge on any atom is -0.441 e. The molecule has 176 valence electrons. The number of aromatic nitrogens is 2. The zero-order valence-corrected chi connectivity index (χ0v) is 19.6. The molecule has 2 fully saturated rings. The summed E-state index contributed by atoms with van der Waals surface area (Å²) in [5, 5.41) is 7.48.